The minimum Gasteiger partial charge on any atom is -0.481 e. The molecule has 22 heteroatoms. The van der Waals surface area contributed by atoms with E-state index in [-0.39, 0.29) is 56.4 Å². The average Bonchev–Trinajstić information content (AvgIpc) is 3.19. The molecule has 1 aromatic carbocycles. The fraction of sp³-hybridized carbons (Fsp3) is 0.619. The second-order valence-corrected chi connectivity index (χ2v) is 16.9. The Kier molecular flexibility index (Phi) is 24.1. The first-order valence-corrected chi connectivity index (χ1v) is 21.2. The highest BCUT2D eigenvalue weighted by Gasteiger charge is 2.35. The van der Waals surface area contributed by atoms with Gasteiger partial charge in [-0.15, -0.1) is 0 Å². The highest BCUT2D eigenvalue weighted by molar-refractivity contribution is 5.98. The number of nitrogens with two attached hydrogens (primary N) is 3. The molecular weight excluding hydrogens is 835 g/mol. The predicted octanol–water partition coefficient (Wildman–Crippen LogP) is -1.65. The van der Waals surface area contributed by atoms with Gasteiger partial charge in [0.2, 0.25) is 41.4 Å². The number of benzene rings is 1. The third-order valence-corrected chi connectivity index (χ3v) is 9.58. The molecule has 1 rings (SSSR count). The van der Waals surface area contributed by atoms with E-state index in [1.165, 1.54) is 13.8 Å². The molecule has 0 aliphatic carbocycles. The lowest BCUT2D eigenvalue weighted by Crippen LogP contribution is -2.61. The molecule has 8 atom stereocenters. The van der Waals surface area contributed by atoms with E-state index < -0.39 is 114 Å². The van der Waals surface area contributed by atoms with E-state index in [4.69, 9.17) is 17.2 Å². The van der Waals surface area contributed by atoms with Crippen molar-refractivity contribution in [2.45, 2.75) is 142 Å². The number of guanidine groups is 1. The first-order valence-electron chi connectivity index (χ1n) is 21.2. The van der Waals surface area contributed by atoms with E-state index in [1.54, 1.807) is 71.9 Å². The normalized spacial score (nSPS) is 14.9. The van der Waals surface area contributed by atoms with E-state index in [2.05, 4.69) is 42.2 Å². The first kappa shape index (κ1) is 55.7. The molecule has 0 fully saturated rings. The number of carbonyl (C=O) groups is 9. The molecule has 0 bridgehead atoms. The molecule has 0 unspecified atom stereocenters. The Balaban J connectivity index is 3.40. The summed E-state index contributed by atoms with van der Waals surface area (Å²) in [6.07, 6.45) is -0.527. The van der Waals surface area contributed by atoms with Gasteiger partial charge in [-0.05, 0) is 62.8 Å². The van der Waals surface area contributed by atoms with Crippen LogP contribution in [0.2, 0.25) is 0 Å². The summed E-state index contributed by atoms with van der Waals surface area (Å²) in [6.45, 7) is 13.3. The zero-order valence-corrected chi connectivity index (χ0v) is 37.9. The minimum atomic E-state index is -1.75. The second-order valence-electron chi connectivity index (χ2n) is 16.9. The van der Waals surface area contributed by atoms with Crippen molar-refractivity contribution in [2.24, 2.45) is 39.9 Å². The summed E-state index contributed by atoms with van der Waals surface area (Å²) in [5, 5.41) is 36.8. The van der Waals surface area contributed by atoms with Gasteiger partial charge >= 0.3 is 11.9 Å². The molecule has 0 aromatic heterocycles. The average molecular weight is 904 g/mol. The first-order chi connectivity index (χ1) is 29.8. The second kappa shape index (κ2) is 27.7. The summed E-state index contributed by atoms with van der Waals surface area (Å²) in [4.78, 5) is 122. The topological polar surface area (TPSA) is 369 Å². The van der Waals surface area contributed by atoms with Crippen molar-refractivity contribution in [3.05, 3.63) is 35.9 Å². The van der Waals surface area contributed by atoms with Crippen molar-refractivity contribution < 1.29 is 53.4 Å². The smallest absolute Gasteiger partial charge is 0.326 e. The van der Waals surface area contributed by atoms with E-state index in [9.17, 15) is 53.4 Å². The zero-order valence-electron chi connectivity index (χ0n) is 37.9. The molecule has 64 heavy (non-hydrogen) atoms. The van der Waals surface area contributed by atoms with Crippen molar-refractivity contribution in [1.29, 1.82) is 0 Å². The number of hydrogen-bond acceptors (Lipinski definition) is 11. The maximum atomic E-state index is 14.1. The molecule has 0 aliphatic heterocycles. The van der Waals surface area contributed by atoms with E-state index >= 15 is 0 Å². The van der Waals surface area contributed by atoms with Gasteiger partial charge in [0, 0.05) is 13.0 Å². The van der Waals surface area contributed by atoms with Crippen LogP contribution >= 0.6 is 0 Å². The van der Waals surface area contributed by atoms with Gasteiger partial charge in [-0.3, -0.25) is 43.3 Å². The summed E-state index contributed by atoms with van der Waals surface area (Å²) in [6, 6.07) is -1.90. The largest absolute Gasteiger partial charge is 0.481 e. The van der Waals surface area contributed by atoms with Gasteiger partial charge < -0.3 is 64.6 Å². The maximum absolute atomic E-state index is 14.1. The highest BCUT2D eigenvalue weighted by Crippen LogP contribution is 2.12. The lowest BCUT2D eigenvalue weighted by molar-refractivity contribution is -0.143. The predicted molar refractivity (Wildman–Crippen MR) is 237 cm³/mol. The highest BCUT2D eigenvalue weighted by atomic mass is 16.4. The summed E-state index contributed by atoms with van der Waals surface area (Å²) < 4.78 is 0. The fourth-order valence-electron chi connectivity index (χ4n) is 6.19. The van der Waals surface area contributed by atoms with Crippen LogP contribution < -0.4 is 54.4 Å². The number of carbonyl (C=O) groups excluding carboxylic acids is 7. The number of amides is 7. The third-order valence-electron chi connectivity index (χ3n) is 9.58. The number of hydrogen-bond donors (Lipinski definition) is 12. The van der Waals surface area contributed by atoms with E-state index in [0.717, 1.165) is 0 Å². The van der Waals surface area contributed by atoms with Crippen LogP contribution in [0.15, 0.2) is 35.3 Å². The molecule has 0 saturated carbocycles. The maximum Gasteiger partial charge on any atom is 0.326 e. The quantitative estimate of drug-likeness (QED) is 0.0255. The molecule has 0 saturated heterocycles. The Morgan fingerprint density at radius 2 is 1.06 bits per heavy atom. The van der Waals surface area contributed by atoms with Gasteiger partial charge in [0.1, 0.15) is 42.3 Å². The summed E-state index contributed by atoms with van der Waals surface area (Å²) in [5.74, 6) is -9.51. The number of aliphatic imine (C=N–C) groups is 1. The molecule has 1 aromatic rings. The molecule has 15 N–H and O–H groups in total. The van der Waals surface area contributed by atoms with Crippen LogP contribution in [0.25, 0.3) is 0 Å². The molecule has 0 radical (unpaired) electrons. The fourth-order valence-corrected chi connectivity index (χ4v) is 6.19. The number of carboxylic acids is 2. The Morgan fingerprint density at radius 1 is 0.578 bits per heavy atom. The Morgan fingerprint density at radius 3 is 1.58 bits per heavy atom. The zero-order chi connectivity index (χ0) is 48.8. The van der Waals surface area contributed by atoms with Gasteiger partial charge in [-0.1, -0.05) is 71.9 Å². The van der Waals surface area contributed by atoms with Crippen molar-refractivity contribution in [2.75, 3.05) is 6.54 Å². The van der Waals surface area contributed by atoms with Crippen LogP contribution in [-0.4, -0.2) is 124 Å². The van der Waals surface area contributed by atoms with Crippen LogP contribution in [0.5, 0.6) is 0 Å². The number of rotatable bonds is 28. The van der Waals surface area contributed by atoms with Gasteiger partial charge in [-0.25, -0.2) is 4.79 Å². The standard InChI is InChI=1S/C42H69N11O11/c1-21(2)17-28(51-40(62)33(23(5)6)53-36(58)27(48-34(56)24(7)43)15-12-16-46-42(44)45)38(60)49-29(19-26-13-10-9-11-14-26)39(61)50-30(20-32(54)55)37(59)47-25(8)35(57)52-31(41(63)64)18-22(3)4/h9-11,13-14,21-25,27-31,33H,12,15-20,43H2,1-8H3,(H,47,59)(H,48,56)(H,49,60)(H,50,61)(H,51,62)(H,52,57)(H,53,58)(H,54,55)(H,63,64)(H4,44,45,46)/t24-,25-,27-,28-,29-,30-,31-,33-/m0/s1. The molecule has 358 valence electrons. The van der Waals surface area contributed by atoms with Crippen LogP contribution in [0.1, 0.15) is 93.1 Å². The number of nitrogens with one attached hydrogen (secondary N) is 7. The molecule has 0 spiro atoms. The lowest BCUT2D eigenvalue weighted by atomic mass is 9.98. The van der Waals surface area contributed by atoms with E-state index in [0.29, 0.717) is 5.56 Å². The van der Waals surface area contributed by atoms with Crippen LogP contribution in [-0.2, 0) is 49.6 Å². The van der Waals surface area contributed by atoms with Gasteiger partial charge in [0.05, 0.1) is 12.5 Å². The van der Waals surface area contributed by atoms with Crippen molar-refractivity contribution in [1.82, 2.24) is 37.2 Å². The van der Waals surface area contributed by atoms with Gasteiger partial charge in [-0.2, -0.15) is 0 Å². The number of nitrogens with zero attached hydrogens (tertiary/aromatic N) is 1. The third kappa shape index (κ3) is 21.2. The SMILES string of the molecule is CC(C)C[C@H](NC(=O)[C@H](C)NC(=O)[C@H](CC(=O)O)NC(=O)[C@H](Cc1ccccc1)NC(=O)[C@H](CC(C)C)NC(=O)[C@@H](NC(=O)[C@H](CCCN=C(N)N)NC(=O)[C@H](C)N)C(C)C)C(=O)O. The van der Waals surface area contributed by atoms with Gasteiger partial charge in [0.15, 0.2) is 5.96 Å². The van der Waals surface area contributed by atoms with Crippen molar-refractivity contribution in [3.8, 4) is 0 Å². The Hall–Kier alpha value is -6.32. The van der Waals surface area contributed by atoms with Crippen molar-refractivity contribution >= 4 is 59.2 Å². The van der Waals surface area contributed by atoms with Crippen LogP contribution in [0.4, 0.5) is 0 Å². The monoisotopic (exact) mass is 904 g/mol. The van der Waals surface area contributed by atoms with Crippen LogP contribution in [0, 0.1) is 17.8 Å². The van der Waals surface area contributed by atoms with E-state index in [1.807, 2.05) is 0 Å². The molecule has 0 heterocycles. The summed E-state index contributed by atoms with van der Waals surface area (Å²) in [5.41, 5.74) is 17.1. The number of aliphatic carboxylic acids is 2. The lowest BCUT2D eigenvalue weighted by Gasteiger charge is -2.29. The van der Waals surface area contributed by atoms with Crippen LogP contribution in [0.3, 0.4) is 0 Å². The molecule has 22 nitrogen and oxygen atoms in total. The Bertz CT molecular complexity index is 1790. The number of carboxylic acid groups (broad SMARTS) is 2. The minimum absolute atomic E-state index is 0.0672. The van der Waals surface area contributed by atoms with Crippen molar-refractivity contribution in [3.63, 3.8) is 0 Å². The molecular formula is C42H69N11O11. The van der Waals surface area contributed by atoms with Gasteiger partial charge in [0.25, 0.3) is 0 Å². The Labute approximate surface area is 373 Å². The summed E-state index contributed by atoms with van der Waals surface area (Å²) >= 11 is 0. The molecule has 0 aliphatic rings. The molecule has 7 amide bonds. The summed E-state index contributed by atoms with van der Waals surface area (Å²) in [7, 11) is 0.